The topological polar surface area (TPSA) is 79.3 Å². The summed E-state index contributed by atoms with van der Waals surface area (Å²) in [5.41, 5.74) is 2.08. The van der Waals surface area contributed by atoms with Gasteiger partial charge in [0.2, 0.25) is 0 Å². The lowest BCUT2D eigenvalue weighted by Gasteiger charge is -2.27. The van der Waals surface area contributed by atoms with Gasteiger partial charge < -0.3 is 24.4 Å². The van der Waals surface area contributed by atoms with Crippen molar-refractivity contribution in [3.8, 4) is 11.5 Å². The lowest BCUT2D eigenvalue weighted by Crippen LogP contribution is -2.35. The Balaban J connectivity index is 2.13. The van der Waals surface area contributed by atoms with Crippen LogP contribution in [-0.4, -0.2) is 66.5 Å². The third-order valence-electron chi connectivity index (χ3n) is 5.62. The van der Waals surface area contributed by atoms with Gasteiger partial charge in [0.15, 0.2) is 0 Å². The second kappa shape index (κ2) is 10.7. The van der Waals surface area contributed by atoms with Crippen molar-refractivity contribution < 1.29 is 24.2 Å². The summed E-state index contributed by atoms with van der Waals surface area (Å²) in [7, 11) is 3.82. The molecular weight excluding hydrogens is 432 g/mol. The molecule has 182 valence electrons. The van der Waals surface area contributed by atoms with Crippen molar-refractivity contribution in [2.24, 2.45) is 0 Å². The molecule has 1 fully saturated rings. The molecule has 1 heterocycles. The first-order valence-corrected chi connectivity index (χ1v) is 11.6. The van der Waals surface area contributed by atoms with Gasteiger partial charge in [0, 0.05) is 18.7 Å². The Kier molecular flexibility index (Phi) is 7.99. The quantitative estimate of drug-likeness (QED) is 0.340. The second-order valence-corrected chi connectivity index (χ2v) is 8.95. The van der Waals surface area contributed by atoms with Crippen LogP contribution in [0.15, 0.2) is 48.0 Å². The number of likely N-dealkylation sites (N-methyl/N-ethyl adjacent to an activating group) is 1. The Morgan fingerprint density at radius 2 is 1.88 bits per heavy atom. The lowest BCUT2D eigenvalue weighted by atomic mass is 9.94. The van der Waals surface area contributed by atoms with E-state index in [1.54, 1.807) is 18.2 Å². The number of rotatable bonds is 9. The Morgan fingerprint density at radius 3 is 2.50 bits per heavy atom. The molecule has 0 saturated carbocycles. The van der Waals surface area contributed by atoms with Crippen LogP contribution in [0.4, 0.5) is 0 Å². The van der Waals surface area contributed by atoms with Gasteiger partial charge in [-0.25, -0.2) is 0 Å². The number of carbonyl (C=O) groups is 2. The monoisotopic (exact) mass is 466 g/mol. The Morgan fingerprint density at radius 1 is 1.15 bits per heavy atom. The lowest BCUT2D eigenvalue weighted by molar-refractivity contribution is -0.140. The fraction of sp³-hybridized carbons (Fsp3) is 0.407. The molecule has 1 atom stereocenters. The van der Waals surface area contributed by atoms with Gasteiger partial charge in [-0.15, -0.1) is 0 Å². The van der Waals surface area contributed by atoms with Gasteiger partial charge in [0.05, 0.1) is 24.3 Å². The summed E-state index contributed by atoms with van der Waals surface area (Å²) in [4.78, 5) is 29.7. The highest BCUT2D eigenvalue weighted by atomic mass is 16.5. The van der Waals surface area contributed by atoms with Crippen molar-refractivity contribution >= 4 is 17.4 Å². The van der Waals surface area contributed by atoms with Gasteiger partial charge in [-0.1, -0.05) is 12.1 Å². The zero-order valence-electron chi connectivity index (χ0n) is 20.8. The minimum absolute atomic E-state index is 0.0118. The van der Waals surface area contributed by atoms with Crippen LogP contribution in [0.3, 0.4) is 0 Å². The highest BCUT2D eigenvalue weighted by molar-refractivity contribution is 6.46. The van der Waals surface area contributed by atoms with E-state index in [2.05, 4.69) is 0 Å². The van der Waals surface area contributed by atoms with Gasteiger partial charge in [-0.3, -0.25) is 9.59 Å². The third-order valence-corrected chi connectivity index (χ3v) is 5.62. The molecule has 3 rings (SSSR count). The van der Waals surface area contributed by atoms with E-state index >= 15 is 0 Å². The number of aliphatic hydroxyl groups is 1. The van der Waals surface area contributed by atoms with Crippen LogP contribution >= 0.6 is 0 Å². The van der Waals surface area contributed by atoms with Crippen molar-refractivity contribution in [1.29, 1.82) is 0 Å². The molecule has 7 heteroatoms. The van der Waals surface area contributed by atoms with E-state index < -0.39 is 17.7 Å². The minimum atomic E-state index is -0.716. The van der Waals surface area contributed by atoms with Gasteiger partial charge in [-0.05, 0) is 83.2 Å². The summed E-state index contributed by atoms with van der Waals surface area (Å²) < 4.78 is 11.4. The van der Waals surface area contributed by atoms with E-state index in [1.807, 2.05) is 71.0 Å². The van der Waals surface area contributed by atoms with Gasteiger partial charge in [0.25, 0.3) is 11.7 Å². The molecule has 1 saturated heterocycles. The van der Waals surface area contributed by atoms with E-state index in [9.17, 15) is 14.7 Å². The average molecular weight is 467 g/mol. The van der Waals surface area contributed by atoms with Crippen molar-refractivity contribution in [2.45, 2.75) is 39.8 Å². The zero-order valence-corrected chi connectivity index (χ0v) is 20.8. The predicted molar refractivity (Wildman–Crippen MR) is 132 cm³/mol. The van der Waals surface area contributed by atoms with Crippen LogP contribution in [0.25, 0.3) is 5.76 Å². The van der Waals surface area contributed by atoms with Crippen molar-refractivity contribution in [1.82, 2.24) is 9.80 Å². The van der Waals surface area contributed by atoms with Gasteiger partial charge in [0.1, 0.15) is 17.3 Å². The number of likely N-dealkylation sites (tertiary alicyclic amines) is 1. The maximum Gasteiger partial charge on any atom is 0.295 e. The molecule has 1 aliphatic heterocycles. The first kappa shape index (κ1) is 25.3. The number of ether oxygens (including phenoxy) is 2. The molecule has 1 aliphatic rings. The third kappa shape index (κ3) is 5.42. The van der Waals surface area contributed by atoms with Crippen LogP contribution in [0, 0.1) is 6.92 Å². The van der Waals surface area contributed by atoms with Crippen LogP contribution in [0.2, 0.25) is 0 Å². The second-order valence-electron chi connectivity index (χ2n) is 8.95. The molecule has 7 nitrogen and oxygen atoms in total. The molecule has 1 amide bonds. The van der Waals surface area contributed by atoms with Gasteiger partial charge in [-0.2, -0.15) is 0 Å². The zero-order chi connectivity index (χ0) is 25.0. The SMILES string of the molecule is CCOc1cccc(C2/C(=C(\O)c3ccc(OC(C)C)c(C)c3)C(=O)C(=O)N2CCN(C)C)c1. The number of nitrogens with zero attached hydrogens (tertiary/aromatic N) is 2. The first-order chi connectivity index (χ1) is 16.1. The number of amides is 1. The molecule has 34 heavy (non-hydrogen) atoms. The number of aliphatic hydroxyl groups excluding tert-OH is 1. The maximum atomic E-state index is 13.2. The van der Waals surface area contributed by atoms with Crippen LogP contribution in [-0.2, 0) is 9.59 Å². The van der Waals surface area contributed by atoms with Crippen molar-refractivity contribution in [3.63, 3.8) is 0 Å². The Hall–Kier alpha value is -3.32. The molecule has 1 N–H and O–H groups in total. The van der Waals surface area contributed by atoms with Crippen LogP contribution in [0.5, 0.6) is 11.5 Å². The highest BCUT2D eigenvalue weighted by Gasteiger charge is 2.46. The van der Waals surface area contributed by atoms with E-state index in [0.29, 0.717) is 42.3 Å². The number of hydrogen-bond donors (Lipinski definition) is 1. The number of aryl methyl sites for hydroxylation is 1. The van der Waals surface area contributed by atoms with E-state index in [0.717, 1.165) is 5.56 Å². The molecule has 0 radical (unpaired) electrons. The number of carbonyl (C=O) groups excluding carboxylic acids is 2. The fourth-order valence-electron chi connectivity index (χ4n) is 4.04. The molecule has 0 spiro atoms. The van der Waals surface area contributed by atoms with E-state index in [-0.39, 0.29) is 17.4 Å². The highest BCUT2D eigenvalue weighted by Crippen LogP contribution is 2.40. The maximum absolute atomic E-state index is 13.2. The summed E-state index contributed by atoms with van der Waals surface area (Å²) in [5, 5.41) is 11.3. The summed E-state index contributed by atoms with van der Waals surface area (Å²) in [6.45, 7) is 9.08. The number of benzene rings is 2. The number of hydrogen-bond acceptors (Lipinski definition) is 6. The number of Topliss-reactive ketones (excluding diaryl/α,β-unsaturated/α-hetero) is 1. The molecule has 1 unspecified atom stereocenters. The molecule has 0 bridgehead atoms. The molecule has 0 aromatic heterocycles. The molecular formula is C27H34N2O5. The Bertz CT molecular complexity index is 1090. The Labute approximate surface area is 201 Å². The molecule has 0 aliphatic carbocycles. The van der Waals surface area contributed by atoms with Gasteiger partial charge >= 0.3 is 0 Å². The van der Waals surface area contributed by atoms with E-state index in [4.69, 9.17) is 9.47 Å². The first-order valence-electron chi connectivity index (χ1n) is 11.6. The standard InChI is InChI=1S/C27H34N2O5/c1-7-33-21-10-8-9-19(16-21)24-23(26(31)27(32)29(24)14-13-28(5)6)25(30)20-11-12-22(18(4)15-20)34-17(2)3/h8-12,15-17,24,30H,7,13-14H2,1-6H3/b25-23+. The summed E-state index contributed by atoms with van der Waals surface area (Å²) >= 11 is 0. The molecule has 2 aromatic rings. The van der Waals surface area contributed by atoms with Crippen LogP contribution < -0.4 is 9.47 Å². The average Bonchev–Trinajstić information content (AvgIpc) is 3.03. The summed E-state index contributed by atoms with van der Waals surface area (Å²) in [5.74, 6) is -0.158. The smallest absolute Gasteiger partial charge is 0.295 e. The van der Waals surface area contributed by atoms with Crippen LogP contribution in [0.1, 0.15) is 43.5 Å². The predicted octanol–water partition coefficient (Wildman–Crippen LogP) is 4.16. The van der Waals surface area contributed by atoms with E-state index in [1.165, 1.54) is 4.90 Å². The fourth-order valence-corrected chi connectivity index (χ4v) is 4.04. The van der Waals surface area contributed by atoms with Crippen molar-refractivity contribution in [3.05, 3.63) is 64.7 Å². The largest absolute Gasteiger partial charge is 0.507 e. The minimum Gasteiger partial charge on any atom is -0.507 e. The number of ketones is 1. The summed E-state index contributed by atoms with van der Waals surface area (Å²) in [6, 6.07) is 11.9. The molecule has 2 aromatic carbocycles. The summed E-state index contributed by atoms with van der Waals surface area (Å²) in [6.07, 6.45) is 0.0118. The normalized spacial score (nSPS) is 17.6. The van der Waals surface area contributed by atoms with Crippen molar-refractivity contribution in [2.75, 3.05) is 33.8 Å².